The van der Waals surface area contributed by atoms with Gasteiger partial charge in [0, 0.05) is 7.05 Å². The van der Waals surface area contributed by atoms with Crippen molar-refractivity contribution >= 4 is 40.5 Å². The first-order valence-electron chi connectivity index (χ1n) is 16.4. The van der Waals surface area contributed by atoms with Crippen LogP contribution in [0, 0.1) is 0 Å². The highest BCUT2D eigenvalue weighted by Crippen LogP contribution is 2.56. The molecule has 0 fully saturated rings. The van der Waals surface area contributed by atoms with E-state index in [1.54, 1.807) is 0 Å². The average molecular weight is 583 g/mol. The van der Waals surface area contributed by atoms with Gasteiger partial charge in [0.15, 0.2) is 0 Å². The Labute approximate surface area is 267 Å². The maximum atomic E-state index is 2.76. The third-order valence-electron chi connectivity index (χ3n) is 9.79. The SMILES string of the molecule is CN1c2cc(C(C)(C)C)cc(C(C)(C)C)c2N(B2c3ccccc3-c3ccccc32)c2c1cc(C(C)(C)C)cc2C(C)(C)C. The summed E-state index contributed by atoms with van der Waals surface area (Å²) < 4.78 is 0. The quantitative estimate of drug-likeness (QED) is 0.206. The Bertz CT molecular complexity index is 1640. The number of fused-ring (bicyclic) bond motifs is 5. The minimum Gasteiger partial charge on any atom is -0.373 e. The van der Waals surface area contributed by atoms with Gasteiger partial charge in [-0.15, -0.1) is 0 Å². The Morgan fingerprint density at radius 1 is 0.477 bits per heavy atom. The van der Waals surface area contributed by atoms with Gasteiger partial charge in [0.2, 0.25) is 0 Å². The highest BCUT2D eigenvalue weighted by atomic mass is 15.2. The lowest BCUT2D eigenvalue weighted by atomic mass is 9.50. The van der Waals surface area contributed by atoms with Crippen molar-refractivity contribution in [2.45, 2.75) is 105 Å². The molecule has 4 aromatic carbocycles. The average Bonchev–Trinajstić information content (AvgIpc) is 3.24. The van der Waals surface area contributed by atoms with Crippen molar-refractivity contribution in [2.75, 3.05) is 16.8 Å². The fraction of sp³-hybridized carbons (Fsp3) is 0.415. The smallest absolute Gasteiger partial charge is 0.329 e. The zero-order chi connectivity index (χ0) is 32.1. The van der Waals surface area contributed by atoms with E-state index in [1.807, 2.05) is 0 Å². The molecule has 2 heterocycles. The lowest BCUT2D eigenvalue weighted by molar-refractivity contribution is 0.566. The maximum absolute atomic E-state index is 2.76. The van der Waals surface area contributed by atoms with Crippen LogP contribution in [0.3, 0.4) is 0 Å². The highest BCUT2D eigenvalue weighted by Gasteiger charge is 2.46. The van der Waals surface area contributed by atoms with Crippen LogP contribution in [0.1, 0.15) is 105 Å². The maximum Gasteiger partial charge on any atom is 0.329 e. The van der Waals surface area contributed by atoms with Gasteiger partial charge in [0.05, 0.1) is 22.7 Å². The van der Waals surface area contributed by atoms with E-state index in [-0.39, 0.29) is 28.5 Å². The zero-order valence-electron chi connectivity index (χ0n) is 29.4. The third-order valence-corrected chi connectivity index (χ3v) is 9.79. The molecular formula is C41H51BN2. The van der Waals surface area contributed by atoms with Crippen molar-refractivity contribution in [1.82, 2.24) is 0 Å². The molecule has 0 amide bonds. The van der Waals surface area contributed by atoms with Crippen LogP contribution in [-0.2, 0) is 21.7 Å². The van der Waals surface area contributed by atoms with Crippen molar-refractivity contribution in [2.24, 2.45) is 0 Å². The van der Waals surface area contributed by atoms with E-state index >= 15 is 0 Å². The number of benzene rings is 4. The monoisotopic (exact) mass is 582 g/mol. The van der Waals surface area contributed by atoms with Crippen molar-refractivity contribution in [3.05, 3.63) is 95.1 Å². The van der Waals surface area contributed by atoms with Gasteiger partial charge in [-0.25, -0.2) is 0 Å². The number of nitrogens with zero attached hydrogens (tertiary/aromatic N) is 2. The van der Waals surface area contributed by atoms with Gasteiger partial charge < -0.3 is 9.71 Å². The normalized spacial score (nSPS) is 14.8. The third kappa shape index (κ3) is 4.79. The van der Waals surface area contributed by atoms with E-state index in [2.05, 4.69) is 173 Å². The summed E-state index contributed by atoms with van der Waals surface area (Å²) in [4.78, 5) is 5.26. The van der Waals surface area contributed by atoms with E-state index in [0.717, 1.165) is 0 Å². The first kappa shape index (κ1) is 30.6. The predicted octanol–water partition coefficient (Wildman–Crippen LogP) is 9.88. The van der Waals surface area contributed by atoms with Crippen molar-refractivity contribution in [3.8, 4) is 11.1 Å². The summed E-state index contributed by atoms with van der Waals surface area (Å²) in [5.74, 6) is 0. The largest absolute Gasteiger partial charge is 0.373 e. The predicted molar refractivity (Wildman–Crippen MR) is 195 cm³/mol. The minimum absolute atomic E-state index is 0.0252. The lowest BCUT2D eigenvalue weighted by Gasteiger charge is -2.47. The van der Waals surface area contributed by atoms with E-state index in [0.29, 0.717) is 0 Å². The zero-order valence-corrected chi connectivity index (χ0v) is 29.4. The van der Waals surface area contributed by atoms with Gasteiger partial charge >= 0.3 is 6.85 Å². The second-order valence-corrected chi connectivity index (χ2v) is 17.3. The van der Waals surface area contributed by atoms with E-state index < -0.39 is 0 Å². The van der Waals surface area contributed by atoms with Crippen LogP contribution in [-0.4, -0.2) is 13.9 Å². The Hall–Kier alpha value is -3.46. The van der Waals surface area contributed by atoms with Gasteiger partial charge in [0.25, 0.3) is 0 Å². The summed E-state index contributed by atoms with van der Waals surface area (Å²) in [5, 5.41) is 0. The molecule has 0 saturated heterocycles. The lowest BCUT2D eigenvalue weighted by Crippen LogP contribution is -2.54. The van der Waals surface area contributed by atoms with Gasteiger partial charge in [-0.1, -0.05) is 144 Å². The van der Waals surface area contributed by atoms with Crippen molar-refractivity contribution in [3.63, 3.8) is 0 Å². The first-order valence-corrected chi connectivity index (χ1v) is 16.4. The summed E-state index contributed by atoms with van der Waals surface area (Å²) >= 11 is 0. The molecular weight excluding hydrogens is 531 g/mol. The fourth-order valence-electron chi connectivity index (χ4n) is 7.17. The Balaban J connectivity index is 1.82. The van der Waals surface area contributed by atoms with Crippen LogP contribution >= 0.6 is 0 Å². The number of anilines is 4. The highest BCUT2D eigenvalue weighted by molar-refractivity contribution is 6.93. The number of hydrogen-bond acceptors (Lipinski definition) is 2. The summed E-state index contributed by atoms with van der Waals surface area (Å²) in [5.41, 5.74) is 16.2. The molecule has 0 saturated carbocycles. The number of hydrogen-bond donors (Lipinski definition) is 0. The molecule has 228 valence electrons. The molecule has 0 bridgehead atoms. The van der Waals surface area contributed by atoms with E-state index in [4.69, 9.17) is 0 Å². The fourth-order valence-corrected chi connectivity index (χ4v) is 7.17. The molecule has 0 aliphatic carbocycles. The molecule has 3 heteroatoms. The Morgan fingerprint density at radius 3 is 1.18 bits per heavy atom. The number of rotatable bonds is 1. The molecule has 0 radical (unpaired) electrons. The van der Waals surface area contributed by atoms with E-state index in [1.165, 1.54) is 67.1 Å². The van der Waals surface area contributed by atoms with Crippen molar-refractivity contribution in [1.29, 1.82) is 0 Å². The van der Waals surface area contributed by atoms with Crippen LogP contribution < -0.4 is 20.6 Å². The van der Waals surface area contributed by atoms with Crippen LogP contribution in [0.15, 0.2) is 72.8 Å². The topological polar surface area (TPSA) is 6.48 Å². The first-order chi connectivity index (χ1) is 20.3. The molecule has 2 aliphatic heterocycles. The Morgan fingerprint density at radius 2 is 0.841 bits per heavy atom. The van der Waals surface area contributed by atoms with Gasteiger partial charge in [-0.3, -0.25) is 0 Å². The molecule has 44 heavy (non-hydrogen) atoms. The Kier molecular flexibility index (Phi) is 6.79. The summed E-state index contributed by atoms with van der Waals surface area (Å²) in [6, 6.07) is 28.1. The molecule has 0 N–H and O–H groups in total. The molecule has 0 aromatic heterocycles. The minimum atomic E-state index is -0.0627. The van der Waals surface area contributed by atoms with Gasteiger partial charge in [-0.2, -0.15) is 0 Å². The molecule has 0 spiro atoms. The molecule has 4 aromatic rings. The molecule has 2 aliphatic rings. The van der Waals surface area contributed by atoms with Crippen LogP contribution in [0.2, 0.25) is 0 Å². The second-order valence-electron chi connectivity index (χ2n) is 17.3. The van der Waals surface area contributed by atoms with Crippen molar-refractivity contribution < 1.29 is 0 Å². The molecule has 0 unspecified atom stereocenters. The van der Waals surface area contributed by atoms with Gasteiger partial charge in [-0.05, 0) is 78.1 Å². The molecule has 6 rings (SSSR count). The standard InChI is InChI=1S/C41H51BN2/c1-38(2,3)26-22-30(40(7,8)9)36-34(24-26)43(13)35-25-27(39(4,5)6)23-31(41(10,11)12)37(35)44(36)42-32-20-16-14-18-28(32)29-19-15-17-21-33(29)42/h14-25H,1-13H3. The molecule has 0 atom stereocenters. The van der Waals surface area contributed by atoms with Crippen LogP contribution in [0.4, 0.5) is 22.7 Å². The van der Waals surface area contributed by atoms with Crippen LogP contribution in [0.25, 0.3) is 11.1 Å². The summed E-state index contributed by atoms with van der Waals surface area (Å²) in [6.45, 7) is 28.4. The van der Waals surface area contributed by atoms with Gasteiger partial charge in [0.1, 0.15) is 0 Å². The summed E-state index contributed by atoms with van der Waals surface area (Å²) in [7, 11) is 2.29. The van der Waals surface area contributed by atoms with Crippen LogP contribution in [0.5, 0.6) is 0 Å². The second kappa shape index (κ2) is 9.77. The summed E-state index contributed by atoms with van der Waals surface area (Å²) in [6.07, 6.45) is 0. The van der Waals surface area contributed by atoms with E-state index in [9.17, 15) is 0 Å². The molecule has 2 nitrogen and oxygen atoms in total.